The average molecular weight is 389 g/mol. The molecule has 0 aliphatic heterocycles. The van der Waals surface area contributed by atoms with Crippen LogP contribution < -0.4 is 24.3 Å². The second kappa shape index (κ2) is 10.8. The van der Waals surface area contributed by atoms with Crippen molar-refractivity contribution in [2.24, 2.45) is 0 Å². The fourth-order valence-electron chi connectivity index (χ4n) is 2.46. The van der Waals surface area contributed by atoms with Gasteiger partial charge in [-0.3, -0.25) is 4.79 Å². The Morgan fingerprint density at radius 2 is 1.71 bits per heavy atom. The van der Waals surface area contributed by atoms with Crippen molar-refractivity contribution in [1.82, 2.24) is 5.32 Å². The number of nitrogens with one attached hydrogen (secondary N) is 1. The molecule has 150 valence electrons. The highest BCUT2D eigenvalue weighted by Gasteiger charge is 2.12. The van der Waals surface area contributed by atoms with Crippen molar-refractivity contribution in [3.8, 4) is 23.0 Å². The third kappa shape index (κ3) is 5.90. The summed E-state index contributed by atoms with van der Waals surface area (Å²) in [7, 11) is 4.58. The molecule has 2 aromatic carbocycles. The van der Waals surface area contributed by atoms with Crippen LogP contribution in [-0.4, -0.2) is 40.4 Å². The summed E-state index contributed by atoms with van der Waals surface area (Å²) in [6, 6.07) is 9.69. The molecule has 0 radical (unpaired) electrons. The number of benzene rings is 2. The van der Waals surface area contributed by atoms with Gasteiger partial charge in [-0.15, -0.1) is 0 Å². The second-order valence-electron chi connectivity index (χ2n) is 5.72. The van der Waals surface area contributed by atoms with Gasteiger partial charge >= 0.3 is 0 Å². The van der Waals surface area contributed by atoms with Crippen molar-refractivity contribution in [1.29, 1.82) is 0 Å². The maximum atomic E-state index is 13.4. The second-order valence-corrected chi connectivity index (χ2v) is 5.72. The molecular weight excluding hydrogens is 365 g/mol. The van der Waals surface area contributed by atoms with E-state index in [1.54, 1.807) is 36.4 Å². The molecule has 0 saturated heterocycles. The largest absolute Gasteiger partial charge is 0.493 e. The number of ether oxygens (including phenoxy) is 4. The summed E-state index contributed by atoms with van der Waals surface area (Å²) in [5.74, 6) is 1.05. The molecule has 6 nitrogen and oxygen atoms in total. The molecule has 2 rings (SSSR count). The van der Waals surface area contributed by atoms with E-state index < -0.39 is 5.82 Å². The van der Waals surface area contributed by atoms with Gasteiger partial charge in [0.15, 0.2) is 23.1 Å². The van der Waals surface area contributed by atoms with Crippen molar-refractivity contribution in [3.63, 3.8) is 0 Å². The highest BCUT2D eigenvalue weighted by atomic mass is 19.1. The third-order valence-electron chi connectivity index (χ3n) is 3.83. The Hall–Kier alpha value is -3.22. The Labute approximate surface area is 163 Å². The lowest BCUT2D eigenvalue weighted by atomic mass is 10.1. The highest BCUT2D eigenvalue weighted by Crippen LogP contribution is 2.38. The first kappa shape index (κ1) is 21.1. The SMILES string of the molecule is COc1cc(/C=C/C(=O)NCCCOc2ccccc2F)cc(OC)c1OC. The van der Waals surface area contributed by atoms with Gasteiger partial charge in [0.1, 0.15) is 0 Å². The zero-order chi connectivity index (χ0) is 20.4. The van der Waals surface area contributed by atoms with Crippen LogP contribution in [0.5, 0.6) is 23.0 Å². The van der Waals surface area contributed by atoms with Gasteiger partial charge in [-0.25, -0.2) is 4.39 Å². The molecule has 0 fully saturated rings. The number of para-hydroxylation sites is 1. The first-order valence-electron chi connectivity index (χ1n) is 8.72. The van der Waals surface area contributed by atoms with Crippen molar-refractivity contribution in [3.05, 3.63) is 53.9 Å². The molecule has 0 spiro atoms. The predicted octanol–water partition coefficient (Wildman–Crippen LogP) is 3.45. The fraction of sp³-hybridized carbons (Fsp3) is 0.286. The molecule has 0 atom stereocenters. The van der Waals surface area contributed by atoms with Crippen LogP contribution in [0.25, 0.3) is 6.08 Å². The molecule has 0 aromatic heterocycles. The molecule has 1 amide bonds. The lowest BCUT2D eigenvalue weighted by molar-refractivity contribution is -0.116. The van der Waals surface area contributed by atoms with Gasteiger partial charge in [0.25, 0.3) is 0 Å². The third-order valence-corrected chi connectivity index (χ3v) is 3.83. The Morgan fingerprint density at radius 3 is 2.32 bits per heavy atom. The van der Waals surface area contributed by atoms with Crippen LogP contribution in [-0.2, 0) is 4.79 Å². The molecule has 0 bridgehead atoms. The molecule has 0 saturated carbocycles. The van der Waals surface area contributed by atoms with E-state index >= 15 is 0 Å². The van der Waals surface area contributed by atoms with Crippen molar-refractivity contribution < 1.29 is 28.1 Å². The number of hydrogen-bond donors (Lipinski definition) is 1. The Kier molecular flexibility index (Phi) is 8.14. The average Bonchev–Trinajstić information content (AvgIpc) is 2.72. The number of amides is 1. The molecule has 2 aromatic rings. The van der Waals surface area contributed by atoms with Gasteiger partial charge in [0.05, 0.1) is 27.9 Å². The fourth-order valence-corrected chi connectivity index (χ4v) is 2.46. The molecule has 0 unspecified atom stereocenters. The summed E-state index contributed by atoms with van der Waals surface area (Å²) < 4.78 is 34.6. The minimum atomic E-state index is -0.403. The maximum absolute atomic E-state index is 13.4. The number of hydrogen-bond acceptors (Lipinski definition) is 5. The monoisotopic (exact) mass is 389 g/mol. The van der Waals surface area contributed by atoms with Crippen LogP contribution in [0.2, 0.25) is 0 Å². The van der Waals surface area contributed by atoms with E-state index in [2.05, 4.69) is 5.32 Å². The Balaban J connectivity index is 1.82. The first-order chi connectivity index (χ1) is 13.6. The maximum Gasteiger partial charge on any atom is 0.244 e. The summed E-state index contributed by atoms with van der Waals surface area (Å²) in [4.78, 5) is 11.9. The van der Waals surface area contributed by atoms with E-state index in [1.165, 1.54) is 33.5 Å². The first-order valence-corrected chi connectivity index (χ1v) is 8.72. The number of carbonyl (C=O) groups excluding carboxylic acids is 1. The summed E-state index contributed by atoms with van der Waals surface area (Å²) in [6.45, 7) is 0.713. The summed E-state index contributed by atoms with van der Waals surface area (Å²) >= 11 is 0. The van der Waals surface area contributed by atoms with E-state index in [0.717, 1.165) is 5.56 Å². The van der Waals surface area contributed by atoms with E-state index in [4.69, 9.17) is 18.9 Å². The molecule has 0 heterocycles. The Bertz CT molecular complexity index is 797. The Morgan fingerprint density at radius 1 is 1.04 bits per heavy atom. The predicted molar refractivity (Wildman–Crippen MR) is 105 cm³/mol. The zero-order valence-electron chi connectivity index (χ0n) is 16.2. The molecular formula is C21H24FNO5. The lowest BCUT2D eigenvalue weighted by Gasteiger charge is -2.12. The van der Waals surface area contributed by atoms with Crippen LogP contribution in [0.3, 0.4) is 0 Å². The zero-order valence-corrected chi connectivity index (χ0v) is 16.2. The van der Waals surface area contributed by atoms with Crippen LogP contribution in [0.1, 0.15) is 12.0 Å². The summed E-state index contributed by atoms with van der Waals surface area (Å²) in [6.07, 6.45) is 3.62. The normalized spacial score (nSPS) is 10.6. The molecule has 0 aliphatic carbocycles. The molecule has 7 heteroatoms. The molecule has 28 heavy (non-hydrogen) atoms. The topological polar surface area (TPSA) is 66.0 Å². The van der Waals surface area contributed by atoms with E-state index in [-0.39, 0.29) is 11.7 Å². The quantitative estimate of drug-likeness (QED) is 0.498. The lowest BCUT2D eigenvalue weighted by Crippen LogP contribution is -2.23. The van der Waals surface area contributed by atoms with Crippen molar-refractivity contribution in [2.75, 3.05) is 34.5 Å². The van der Waals surface area contributed by atoms with Gasteiger partial charge in [-0.1, -0.05) is 12.1 Å². The number of rotatable bonds is 10. The van der Waals surface area contributed by atoms with E-state index in [1.807, 2.05) is 0 Å². The van der Waals surface area contributed by atoms with Crippen LogP contribution >= 0.6 is 0 Å². The van der Waals surface area contributed by atoms with E-state index in [0.29, 0.717) is 36.8 Å². The number of methoxy groups -OCH3 is 3. The van der Waals surface area contributed by atoms with Crippen molar-refractivity contribution in [2.45, 2.75) is 6.42 Å². The standard InChI is InChI=1S/C21H24FNO5/c1-25-18-13-15(14-19(26-2)21(18)27-3)9-10-20(24)23-11-6-12-28-17-8-5-4-7-16(17)22/h4-5,7-10,13-14H,6,11-12H2,1-3H3,(H,23,24)/b10-9+. The minimum Gasteiger partial charge on any atom is -0.493 e. The summed E-state index contributed by atoms with van der Waals surface area (Å²) in [5, 5.41) is 2.75. The number of halogens is 1. The van der Waals surface area contributed by atoms with Crippen LogP contribution in [0.4, 0.5) is 4.39 Å². The van der Waals surface area contributed by atoms with Crippen LogP contribution in [0.15, 0.2) is 42.5 Å². The molecule has 1 N–H and O–H groups in total. The molecule has 0 aliphatic rings. The smallest absolute Gasteiger partial charge is 0.244 e. The number of carbonyl (C=O) groups is 1. The van der Waals surface area contributed by atoms with Crippen LogP contribution in [0, 0.1) is 5.82 Å². The van der Waals surface area contributed by atoms with Crippen molar-refractivity contribution >= 4 is 12.0 Å². The van der Waals surface area contributed by atoms with Gasteiger partial charge in [0, 0.05) is 12.6 Å². The van der Waals surface area contributed by atoms with Gasteiger partial charge < -0.3 is 24.3 Å². The summed E-state index contributed by atoms with van der Waals surface area (Å²) in [5.41, 5.74) is 0.729. The minimum absolute atomic E-state index is 0.205. The van der Waals surface area contributed by atoms with E-state index in [9.17, 15) is 9.18 Å². The van der Waals surface area contributed by atoms with Gasteiger partial charge in [-0.2, -0.15) is 0 Å². The van der Waals surface area contributed by atoms with Gasteiger partial charge in [-0.05, 0) is 42.3 Å². The van der Waals surface area contributed by atoms with Gasteiger partial charge in [0.2, 0.25) is 11.7 Å². The highest BCUT2D eigenvalue weighted by molar-refractivity contribution is 5.91.